The molecule has 1 aliphatic rings. The Kier molecular flexibility index (Phi) is 3.91. The zero-order chi connectivity index (χ0) is 11.4. The minimum Gasteiger partial charge on any atom is -0.490 e. The van der Waals surface area contributed by atoms with E-state index in [1.54, 1.807) is 0 Å². The van der Waals surface area contributed by atoms with Gasteiger partial charge in [0, 0.05) is 17.6 Å². The van der Waals surface area contributed by atoms with Crippen LogP contribution in [0.5, 0.6) is 11.5 Å². The van der Waals surface area contributed by atoms with Crippen LogP contribution in [-0.4, -0.2) is 25.8 Å². The van der Waals surface area contributed by atoms with Crippen molar-refractivity contribution in [3.63, 3.8) is 0 Å². The van der Waals surface area contributed by atoms with Gasteiger partial charge in [0.15, 0.2) is 11.5 Å². The fourth-order valence-electron chi connectivity index (χ4n) is 1.76. The number of halogens is 1. The van der Waals surface area contributed by atoms with Crippen molar-refractivity contribution < 1.29 is 9.47 Å². The molecule has 3 nitrogen and oxygen atoms in total. The minimum atomic E-state index is 0.220. The Morgan fingerprint density at radius 1 is 1.44 bits per heavy atom. The van der Waals surface area contributed by atoms with Gasteiger partial charge >= 0.3 is 0 Å². The van der Waals surface area contributed by atoms with Gasteiger partial charge in [0.1, 0.15) is 6.10 Å². The molecule has 1 fully saturated rings. The molecule has 1 aromatic carbocycles. The van der Waals surface area contributed by atoms with Gasteiger partial charge in [-0.05, 0) is 32.0 Å². The molecular weight excluding hydrogens is 226 g/mol. The fraction of sp³-hybridized carbons (Fsp3) is 0.500. The molecule has 2 rings (SSSR count). The Hall–Kier alpha value is -0.930. The maximum absolute atomic E-state index is 5.95. The summed E-state index contributed by atoms with van der Waals surface area (Å²) in [5.41, 5.74) is 0. The lowest BCUT2D eigenvalue weighted by Gasteiger charge is -2.16. The highest BCUT2D eigenvalue weighted by Gasteiger charge is 2.18. The van der Waals surface area contributed by atoms with E-state index in [2.05, 4.69) is 5.32 Å². The molecule has 1 saturated heterocycles. The van der Waals surface area contributed by atoms with Crippen LogP contribution in [0.3, 0.4) is 0 Å². The van der Waals surface area contributed by atoms with Gasteiger partial charge < -0.3 is 14.8 Å². The quantitative estimate of drug-likeness (QED) is 0.879. The number of nitrogens with one attached hydrogen (secondary N) is 1. The first-order valence-electron chi connectivity index (χ1n) is 5.59. The van der Waals surface area contributed by atoms with Crippen molar-refractivity contribution in [2.24, 2.45) is 0 Å². The molecule has 0 amide bonds. The molecule has 1 N–H and O–H groups in total. The largest absolute Gasteiger partial charge is 0.490 e. The molecule has 0 spiro atoms. The second-order valence-electron chi connectivity index (χ2n) is 3.76. The summed E-state index contributed by atoms with van der Waals surface area (Å²) in [4.78, 5) is 0. The molecule has 0 aromatic heterocycles. The molecular formula is C12H16ClNO2. The van der Waals surface area contributed by atoms with Crippen LogP contribution in [0.25, 0.3) is 0 Å². The zero-order valence-electron chi connectivity index (χ0n) is 9.33. The lowest BCUT2D eigenvalue weighted by atomic mass is 10.3. The van der Waals surface area contributed by atoms with Crippen molar-refractivity contribution in [1.82, 2.24) is 5.32 Å². The number of benzene rings is 1. The first-order valence-corrected chi connectivity index (χ1v) is 5.97. The normalized spacial score (nSPS) is 19.8. The van der Waals surface area contributed by atoms with Gasteiger partial charge in [-0.15, -0.1) is 0 Å². The van der Waals surface area contributed by atoms with Crippen LogP contribution in [0, 0.1) is 0 Å². The SMILES string of the molecule is CCOc1ccc(Cl)cc1OC1CCNC1. The van der Waals surface area contributed by atoms with E-state index in [0.717, 1.165) is 31.0 Å². The van der Waals surface area contributed by atoms with Gasteiger partial charge in [0.2, 0.25) is 0 Å². The fourth-order valence-corrected chi connectivity index (χ4v) is 1.92. The molecule has 4 heteroatoms. The van der Waals surface area contributed by atoms with Gasteiger partial charge in [0.25, 0.3) is 0 Å². The lowest BCUT2D eigenvalue weighted by molar-refractivity contribution is 0.208. The summed E-state index contributed by atoms with van der Waals surface area (Å²) in [5, 5.41) is 3.93. The summed E-state index contributed by atoms with van der Waals surface area (Å²) in [6.07, 6.45) is 1.25. The Balaban J connectivity index is 2.12. The Labute approximate surface area is 101 Å². The molecule has 1 heterocycles. The van der Waals surface area contributed by atoms with Gasteiger partial charge in [-0.25, -0.2) is 0 Å². The van der Waals surface area contributed by atoms with Crippen molar-refractivity contribution in [1.29, 1.82) is 0 Å². The Morgan fingerprint density at radius 3 is 3.00 bits per heavy atom. The van der Waals surface area contributed by atoms with Crippen LogP contribution in [0.1, 0.15) is 13.3 Å². The highest BCUT2D eigenvalue weighted by molar-refractivity contribution is 6.30. The molecule has 0 saturated carbocycles. The second kappa shape index (κ2) is 5.41. The predicted molar refractivity (Wildman–Crippen MR) is 64.5 cm³/mol. The second-order valence-corrected chi connectivity index (χ2v) is 4.19. The van der Waals surface area contributed by atoms with Gasteiger partial charge in [-0.1, -0.05) is 11.6 Å². The highest BCUT2D eigenvalue weighted by atomic mass is 35.5. The van der Waals surface area contributed by atoms with Crippen LogP contribution in [0.4, 0.5) is 0 Å². The summed E-state index contributed by atoms with van der Waals surface area (Å²) in [6.45, 7) is 4.48. The highest BCUT2D eigenvalue weighted by Crippen LogP contribution is 2.31. The van der Waals surface area contributed by atoms with Crippen LogP contribution in [0.15, 0.2) is 18.2 Å². The molecule has 1 aliphatic heterocycles. The summed E-state index contributed by atoms with van der Waals surface area (Å²) in [5.74, 6) is 1.50. The molecule has 0 bridgehead atoms. The van der Waals surface area contributed by atoms with E-state index >= 15 is 0 Å². The van der Waals surface area contributed by atoms with E-state index in [1.807, 2.05) is 25.1 Å². The van der Waals surface area contributed by atoms with E-state index in [4.69, 9.17) is 21.1 Å². The van der Waals surface area contributed by atoms with Crippen molar-refractivity contribution in [3.05, 3.63) is 23.2 Å². The first kappa shape index (κ1) is 11.6. The maximum Gasteiger partial charge on any atom is 0.163 e. The van der Waals surface area contributed by atoms with E-state index < -0.39 is 0 Å². The molecule has 88 valence electrons. The predicted octanol–water partition coefficient (Wildman–Crippen LogP) is 2.48. The van der Waals surface area contributed by atoms with Gasteiger partial charge in [0.05, 0.1) is 6.61 Å². The Morgan fingerprint density at radius 2 is 2.31 bits per heavy atom. The van der Waals surface area contributed by atoms with Crippen LogP contribution < -0.4 is 14.8 Å². The maximum atomic E-state index is 5.95. The lowest BCUT2D eigenvalue weighted by Crippen LogP contribution is -2.19. The third kappa shape index (κ3) is 2.80. The Bertz CT molecular complexity index is 351. The monoisotopic (exact) mass is 241 g/mol. The van der Waals surface area contributed by atoms with Crippen molar-refractivity contribution in [2.75, 3.05) is 19.7 Å². The van der Waals surface area contributed by atoms with E-state index in [-0.39, 0.29) is 6.10 Å². The number of ether oxygens (including phenoxy) is 2. The van der Waals surface area contributed by atoms with Crippen LogP contribution in [-0.2, 0) is 0 Å². The summed E-state index contributed by atoms with van der Waals surface area (Å²) in [6, 6.07) is 5.47. The minimum absolute atomic E-state index is 0.220. The van der Waals surface area contributed by atoms with Crippen molar-refractivity contribution in [2.45, 2.75) is 19.4 Å². The van der Waals surface area contributed by atoms with E-state index in [1.165, 1.54) is 0 Å². The summed E-state index contributed by atoms with van der Waals surface area (Å²) >= 11 is 5.95. The average Bonchev–Trinajstić information content (AvgIpc) is 2.75. The number of rotatable bonds is 4. The van der Waals surface area contributed by atoms with Crippen LogP contribution in [0.2, 0.25) is 5.02 Å². The first-order chi connectivity index (χ1) is 7.79. The average molecular weight is 242 g/mol. The van der Waals surface area contributed by atoms with E-state index in [0.29, 0.717) is 11.6 Å². The third-order valence-corrected chi connectivity index (χ3v) is 2.75. The molecule has 1 aromatic rings. The topological polar surface area (TPSA) is 30.5 Å². The summed E-state index contributed by atoms with van der Waals surface area (Å²) < 4.78 is 11.4. The molecule has 1 atom stereocenters. The standard InChI is InChI=1S/C12H16ClNO2/c1-2-15-11-4-3-9(13)7-12(11)16-10-5-6-14-8-10/h3-4,7,10,14H,2,5-6,8H2,1H3. The third-order valence-electron chi connectivity index (χ3n) is 2.51. The number of hydrogen-bond acceptors (Lipinski definition) is 3. The zero-order valence-corrected chi connectivity index (χ0v) is 10.1. The van der Waals surface area contributed by atoms with Crippen LogP contribution >= 0.6 is 11.6 Å². The smallest absolute Gasteiger partial charge is 0.163 e. The molecule has 0 radical (unpaired) electrons. The van der Waals surface area contributed by atoms with Crippen molar-refractivity contribution >= 4 is 11.6 Å². The molecule has 16 heavy (non-hydrogen) atoms. The number of hydrogen-bond donors (Lipinski definition) is 1. The molecule has 1 unspecified atom stereocenters. The molecule has 0 aliphatic carbocycles. The van der Waals surface area contributed by atoms with E-state index in [9.17, 15) is 0 Å². The van der Waals surface area contributed by atoms with Crippen molar-refractivity contribution in [3.8, 4) is 11.5 Å². The summed E-state index contributed by atoms with van der Waals surface area (Å²) in [7, 11) is 0. The van der Waals surface area contributed by atoms with Gasteiger partial charge in [-0.3, -0.25) is 0 Å². The van der Waals surface area contributed by atoms with Gasteiger partial charge in [-0.2, -0.15) is 0 Å².